The molecule has 0 bridgehead atoms. The number of hydrogen-bond donors (Lipinski definition) is 2. The van der Waals surface area contributed by atoms with E-state index in [1.807, 2.05) is 20.8 Å². The van der Waals surface area contributed by atoms with Gasteiger partial charge in [-0.2, -0.15) is 0 Å². The largest absolute Gasteiger partial charge is 0.478 e. The Morgan fingerprint density at radius 2 is 1.78 bits per heavy atom. The van der Waals surface area contributed by atoms with Crippen LogP contribution in [0.15, 0.2) is 0 Å². The third kappa shape index (κ3) is 3.44. The van der Waals surface area contributed by atoms with E-state index in [1.54, 1.807) is 0 Å². The van der Waals surface area contributed by atoms with Crippen molar-refractivity contribution < 1.29 is 19.8 Å². The number of rotatable bonds is 6. The summed E-state index contributed by atoms with van der Waals surface area (Å²) in [5, 5.41) is 19.1. The second-order valence-electron chi connectivity index (χ2n) is 4.59. The minimum atomic E-state index is -2.26. The highest BCUT2D eigenvalue weighted by Crippen LogP contribution is 2.21. The van der Waals surface area contributed by atoms with Crippen LogP contribution in [0.2, 0.25) is 18.1 Å². The molecule has 5 heteroatoms. The van der Waals surface area contributed by atoms with E-state index in [9.17, 15) is 14.7 Å². The topological polar surface area (TPSA) is 74.6 Å². The fraction of sp³-hybridized carbons (Fsp3) is 0.692. The van der Waals surface area contributed by atoms with Gasteiger partial charge < -0.3 is 15.0 Å². The van der Waals surface area contributed by atoms with Gasteiger partial charge >= 0.3 is 5.97 Å². The van der Waals surface area contributed by atoms with Crippen LogP contribution in [0.1, 0.15) is 27.7 Å². The summed E-state index contributed by atoms with van der Waals surface area (Å²) in [7, 11) is -1.83. The second-order valence-corrected chi connectivity index (χ2v) is 9.52. The second kappa shape index (κ2) is 6.71. The summed E-state index contributed by atoms with van der Waals surface area (Å²) in [6.07, 6.45) is 0.426. The van der Waals surface area contributed by atoms with Gasteiger partial charge in [0.1, 0.15) is 14.4 Å². The number of aliphatic carboxylic acids is 1. The van der Waals surface area contributed by atoms with Gasteiger partial charge in [-0.25, -0.2) is 4.79 Å². The van der Waals surface area contributed by atoms with E-state index in [0.717, 1.165) is 18.1 Å². The van der Waals surface area contributed by atoms with Gasteiger partial charge in [-0.05, 0) is 18.1 Å². The van der Waals surface area contributed by atoms with E-state index in [4.69, 9.17) is 5.11 Å². The van der Waals surface area contributed by atoms with Gasteiger partial charge in [-0.1, -0.05) is 33.6 Å². The van der Waals surface area contributed by atoms with E-state index < -0.39 is 25.6 Å². The van der Waals surface area contributed by atoms with E-state index in [0.29, 0.717) is 6.29 Å². The summed E-state index contributed by atoms with van der Waals surface area (Å²) in [5.41, 5.74) is 0.754. The summed E-state index contributed by atoms with van der Waals surface area (Å²) in [6.45, 7) is 7.48. The zero-order valence-corrected chi connectivity index (χ0v) is 12.5. The molecule has 0 amide bonds. The predicted molar refractivity (Wildman–Crippen MR) is 72.8 cm³/mol. The number of aldehydes is 1. The van der Waals surface area contributed by atoms with Gasteiger partial charge in [0.25, 0.3) is 0 Å². The van der Waals surface area contributed by atoms with Crippen molar-refractivity contribution in [3.8, 4) is 11.5 Å². The highest BCUT2D eigenvalue weighted by atomic mass is 28.3. The van der Waals surface area contributed by atoms with Crippen LogP contribution in [0.5, 0.6) is 0 Å². The highest BCUT2D eigenvalue weighted by molar-refractivity contribution is 6.87. The summed E-state index contributed by atoms with van der Waals surface area (Å²) in [4.78, 5) is 21.8. The fourth-order valence-corrected chi connectivity index (χ4v) is 4.19. The van der Waals surface area contributed by atoms with Crippen LogP contribution in [0, 0.1) is 17.4 Å². The van der Waals surface area contributed by atoms with Crippen LogP contribution in [0.4, 0.5) is 0 Å². The lowest BCUT2D eigenvalue weighted by atomic mass is 9.91. The molecule has 0 rings (SSSR count). The zero-order valence-electron chi connectivity index (χ0n) is 11.5. The first kappa shape index (κ1) is 16.9. The molecule has 2 unspecified atom stereocenters. The molecule has 18 heavy (non-hydrogen) atoms. The maximum atomic E-state index is 11.1. The lowest BCUT2D eigenvalue weighted by molar-refractivity contribution is -0.157. The van der Waals surface area contributed by atoms with Crippen LogP contribution in [-0.4, -0.2) is 36.1 Å². The Balaban J connectivity index is 5.49. The average Bonchev–Trinajstić information content (AvgIpc) is 2.39. The number of carboxylic acids is 1. The monoisotopic (exact) mass is 270 g/mol. The number of carbonyl (C=O) groups is 2. The van der Waals surface area contributed by atoms with Gasteiger partial charge in [0, 0.05) is 0 Å². The van der Waals surface area contributed by atoms with Crippen molar-refractivity contribution in [2.45, 2.75) is 51.4 Å². The summed E-state index contributed by atoms with van der Waals surface area (Å²) in [5.74, 6) is -0.0230. The Kier molecular flexibility index (Phi) is 6.30. The molecule has 0 aromatic carbocycles. The lowest BCUT2D eigenvalue weighted by Gasteiger charge is -2.24. The van der Waals surface area contributed by atoms with Crippen LogP contribution in [0.25, 0.3) is 0 Å². The van der Waals surface area contributed by atoms with Crippen molar-refractivity contribution in [1.82, 2.24) is 0 Å². The highest BCUT2D eigenvalue weighted by Gasteiger charge is 2.41. The van der Waals surface area contributed by atoms with E-state index in [1.165, 1.54) is 6.92 Å². The Hall–Kier alpha value is -1.12. The molecule has 0 saturated carbocycles. The normalized spacial score (nSPS) is 16.1. The maximum Gasteiger partial charge on any atom is 0.349 e. The minimum Gasteiger partial charge on any atom is -0.478 e. The van der Waals surface area contributed by atoms with Crippen LogP contribution in [-0.2, 0) is 9.59 Å². The van der Waals surface area contributed by atoms with Crippen molar-refractivity contribution in [3.05, 3.63) is 0 Å². The molecule has 0 aromatic rings. The molecule has 0 fully saturated rings. The third-order valence-corrected chi connectivity index (χ3v) is 8.45. The van der Waals surface area contributed by atoms with Crippen molar-refractivity contribution in [2.75, 3.05) is 0 Å². The molecule has 0 aromatic heterocycles. The molecule has 2 atom stereocenters. The standard InChI is InChI=1S/C13H22O4Si/c1-5-18(6-2,7-3)9-8-13(17,12(15)16)11(4)10-14/h10-11,17H,5-7H2,1-4H3,(H,15,16). The molecular formula is C13H22O4Si. The quantitative estimate of drug-likeness (QED) is 0.437. The van der Waals surface area contributed by atoms with E-state index in [-0.39, 0.29) is 0 Å². The van der Waals surface area contributed by atoms with Gasteiger partial charge in [0.2, 0.25) is 5.60 Å². The van der Waals surface area contributed by atoms with Crippen molar-refractivity contribution in [3.63, 3.8) is 0 Å². The Morgan fingerprint density at radius 3 is 2.06 bits per heavy atom. The van der Waals surface area contributed by atoms with Crippen molar-refractivity contribution in [2.24, 2.45) is 5.92 Å². The van der Waals surface area contributed by atoms with Gasteiger partial charge in [-0.3, -0.25) is 0 Å². The van der Waals surface area contributed by atoms with Gasteiger partial charge in [-0.15, -0.1) is 5.54 Å². The predicted octanol–water partition coefficient (Wildman–Crippen LogP) is 1.69. The fourth-order valence-electron chi connectivity index (χ4n) is 1.70. The minimum absolute atomic E-state index is 0.426. The molecule has 0 heterocycles. The Labute approximate surface area is 109 Å². The average molecular weight is 270 g/mol. The molecule has 2 N–H and O–H groups in total. The van der Waals surface area contributed by atoms with Gasteiger partial charge in [0.15, 0.2) is 0 Å². The number of aliphatic hydroxyl groups is 1. The molecule has 0 aliphatic rings. The molecule has 0 aliphatic heterocycles. The number of carboxylic acid groups (broad SMARTS) is 1. The molecule has 0 aliphatic carbocycles. The number of hydrogen-bond acceptors (Lipinski definition) is 3. The number of carbonyl (C=O) groups excluding carboxylic acids is 1. The molecule has 0 spiro atoms. The lowest BCUT2D eigenvalue weighted by Crippen LogP contribution is -2.45. The first-order valence-electron chi connectivity index (χ1n) is 6.27. The molecule has 4 nitrogen and oxygen atoms in total. The summed E-state index contributed by atoms with van der Waals surface area (Å²) >= 11 is 0. The molecule has 0 radical (unpaired) electrons. The summed E-state index contributed by atoms with van der Waals surface area (Å²) < 4.78 is 0. The van der Waals surface area contributed by atoms with Crippen molar-refractivity contribution in [1.29, 1.82) is 0 Å². The maximum absolute atomic E-state index is 11.1. The SMILES string of the molecule is CC[Si](C#CC(O)(C(=O)O)C(C)C=O)(CC)CC. The van der Waals surface area contributed by atoms with Crippen LogP contribution < -0.4 is 0 Å². The molecule has 102 valence electrons. The Bertz CT molecular complexity index is 357. The van der Waals surface area contributed by atoms with Crippen LogP contribution >= 0.6 is 0 Å². The first-order valence-corrected chi connectivity index (χ1v) is 8.89. The smallest absolute Gasteiger partial charge is 0.349 e. The van der Waals surface area contributed by atoms with Crippen LogP contribution in [0.3, 0.4) is 0 Å². The van der Waals surface area contributed by atoms with Gasteiger partial charge in [0.05, 0.1) is 5.92 Å². The third-order valence-electron chi connectivity index (χ3n) is 3.74. The Morgan fingerprint density at radius 1 is 1.33 bits per heavy atom. The zero-order chi connectivity index (χ0) is 14.4. The molecule has 0 saturated heterocycles. The van der Waals surface area contributed by atoms with Crippen molar-refractivity contribution >= 4 is 20.3 Å². The first-order chi connectivity index (χ1) is 8.31. The summed E-state index contributed by atoms with van der Waals surface area (Å²) in [6, 6.07) is 2.74. The van der Waals surface area contributed by atoms with E-state index >= 15 is 0 Å². The van der Waals surface area contributed by atoms with E-state index in [2.05, 4.69) is 11.5 Å². The molecular weight excluding hydrogens is 248 g/mol.